The zero-order chi connectivity index (χ0) is 13.0. The van der Waals surface area contributed by atoms with Crippen LogP contribution in [0.3, 0.4) is 0 Å². The summed E-state index contributed by atoms with van der Waals surface area (Å²) in [7, 11) is 2.04. The van der Waals surface area contributed by atoms with Gasteiger partial charge in [0.2, 0.25) is 0 Å². The first-order valence-electron chi connectivity index (χ1n) is 5.85. The van der Waals surface area contributed by atoms with Crippen molar-refractivity contribution in [3.8, 4) is 0 Å². The SMILES string of the molecule is CN(CCc1cccs1)c1ccccc1C(=N)N. The molecule has 0 bridgehead atoms. The second kappa shape index (κ2) is 5.69. The summed E-state index contributed by atoms with van der Waals surface area (Å²) < 4.78 is 0. The van der Waals surface area contributed by atoms with E-state index in [9.17, 15) is 0 Å². The van der Waals surface area contributed by atoms with E-state index >= 15 is 0 Å². The van der Waals surface area contributed by atoms with E-state index in [1.807, 2.05) is 31.3 Å². The first-order chi connectivity index (χ1) is 8.68. The molecular weight excluding hydrogens is 242 g/mol. The summed E-state index contributed by atoms with van der Waals surface area (Å²) in [6.45, 7) is 0.921. The topological polar surface area (TPSA) is 53.1 Å². The molecule has 4 heteroatoms. The van der Waals surface area contributed by atoms with Crippen LogP contribution in [0.1, 0.15) is 10.4 Å². The van der Waals surface area contributed by atoms with Crippen molar-refractivity contribution < 1.29 is 0 Å². The molecule has 3 nitrogen and oxygen atoms in total. The normalized spacial score (nSPS) is 10.3. The maximum absolute atomic E-state index is 7.59. The van der Waals surface area contributed by atoms with Crippen molar-refractivity contribution in [3.05, 3.63) is 52.2 Å². The Labute approximate surface area is 111 Å². The van der Waals surface area contributed by atoms with Crippen LogP contribution >= 0.6 is 11.3 Å². The van der Waals surface area contributed by atoms with E-state index in [2.05, 4.69) is 22.4 Å². The average molecular weight is 259 g/mol. The molecule has 2 rings (SSSR count). The highest BCUT2D eigenvalue weighted by Gasteiger charge is 2.08. The molecule has 0 atom stereocenters. The first-order valence-corrected chi connectivity index (χ1v) is 6.73. The molecule has 0 saturated carbocycles. The van der Waals surface area contributed by atoms with Gasteiger partial charge < -0.3 is 10.6 Å². The lowest BCUT2D eigenvalue weighted by Gasteiger charge is -2.21. The van der Waals surface area contributed by atoms with Gasteiger partial charge in [-0.25, -0.2) is 0 Å². The highest BCUT2D eigenvalue weighted by Crippen LogP contribution is 2.19. The fraction of sp³-hybridized carbons (Fsp3) is 0.214. The van der Waals surface area contributed by atoms with E-state index < -0.39 is 0 Å². The minimum absolute atomic E-state index is 0.119. The highest BCUT2D eigenvalue weighted by molar-refractivity contribution is 7.09. The van der Waals surface area contributed by atoms with Crippen LogP contribution in [0.4, 0.5) is 5.69 Å². The van der Waals surface area contributed by atoms with Crippen molar-refractivity contribution in [1.29, 1.82) is 5.41 Å². The Hall–Kier alpha value is -1.81. The van der Waals surface area contributed by atoms with E-state index in [-0.39, 0.29) is 5.84 Å². The molecule has 18 heavy (non-hydrogen) atoms. The number of nitrogens with two attached hydrogens (primary N) is 1. The third-order valence-corrected chi connectivity index (χ3v) is 3.82. The van der Waals surface area contributed by atoms with Crippen molar-refractivity contribution in [3.63, 3.8) is 0 Å². The molecule has 1 aromatic heterocycles. The Morgan fingerprint density at radius 2 is 2.06 bits per heavy atom. The molecular formula is C14H17N3S. The van der Waals surface area contributed by atoms with Crippen LogP contribution in [0, 0.1) is 5.41 Å². The van der Waals surface area contributed by atoms with Crippen LogP contribution in [0.15, 0.2) is 41.8 Å². The standard InChI is InChI=1S/C14H17N3S/c1-17(9-8-11-5-4-10-18-11)13-7-3-2-6-12(13)14(15)16/h2-7,10H,8-9H2,1H3,(H3,15,16). The van der Waals surface area contributed by atoms with Gasteiger partial charge in [-0.3, -0.25) is 5.41 Å². The maximum atomic E-state index is 7.59. The minimum Gasteiger partial charge on any atom is -0.384 e. The van der Waals surface area contributed by atoms with Gasteiger partial charge in [0.15, 0.2) is 0 Å². The summed E-state index contributed by atoms with van der Waals surface area (Å²) in [5, 5.41) is 9.69. The van der Waals surface area contributed by atoms with Gasteiger partial charge in [-0.05, 0) is 30.0 Å². The Kier molecular flexibility index (Phi) is 3.99. The zero-order valence-electron chi connectivity index (χ0n) is 10.4. The molecule has 0 aliphatic carbocycles. The summed E-state index contributed by atoms with van der Waals surface area (Å²) >= 11 is 1.78. The van der Waals surface area contributed by atoms with Crippen LogP contribution in [0.2, 0.25) is 0 Å². The molecule has 94 valence electrons. The Bertz CT molecular complexity index is 520. The Morgan fingerprint density at radius 3 is 2.72 bits per heavy atom. The van der Waals surface area contributed by atoms with Gasteiger partial charge in [-0.15, -0.1) is 11.3 Å². The van der Waals surface area contributed by atoms with Gasteiger partial charge in [0.1, 0.15) is 5.84 Å². The Morgan fingerprint density at radius 1 is 1.28 bits per heavy atom. The van der Waals surface area contributed by atoms with Crippen molar-refractivity contribution in [2.75, 3.05) is 18.5 Å². The molecule has 3 N–H and O–H groups in total. The number of hydrogen-bond donors (Lipinski definition) is 2. The van der Waals surface area contributed by atoms with Crippen molar-refractivity contribution in [2.24, 2.45) is 5.73 Å². The minimum atomic E-state index is 0.119. The van der Waals surface area contributed by atoms with Gasteiger partial charge in [-0.2, -0.15) is 0 Å². The lowest BCUT2D eigenvalue weighted by Crippen LogP contribution is -2.24. The van der Waals surface area contributed by atoms with E-state index in [1.54, 1.807) is 11.3 Å². The third-order valence-electron chi connectivity index (χ3n) is 2.88. The number of benzene rings is 1. The number of thiophene rings is 1. The lowest BCUT2D eigenvalue weighted by molar-refractivity contribution is 0.886. The number of amidine groups is 1. The molecule has 0 radical (unpaired) electrons. The first kappa shape index (κ1) is 12.6. The van der Waals surface area contributed by atoms with E-state index in [0.29, 0.717) is 0 Å². The van der Waals surface area contributed by atoms with Crippen LogP contribution in [-0.2, 0) is 6.42 Å². The van der Waals surface area contributed by atoms with Crippen molar-refractivity contribution >= 4 is 22.9 Å². The fourth-order valence-corrected chi connectivity index (χ4v) is 2.59. The molecule has 0 aliphatic heterocycles. The number of rotatable bonds is 5. The molecule has 1 aromatic carbocycles. The molecule has 0 aliphatic rings. The van der Waals surface area contributed by atoms with Crippen LogP contribution in [0.25, 0.3) is 0 Å². The lowest BCUT2D eigenvalue weighted by atomic mass is 10.1. The van der Waals surface area contributed by atoms with E-state index in [4.69, 9.17) is 11.1 Å². The molecule has 2 aromatic rings. The summed E-state index contributed by atoms with van der Waals surface area (Å²) in [6, 6.07) is 12.0. The zero-order valence-corrected chi connectivity index (χ0v) is 11.2. The predicted molar refractivity (Wildman–Crippen MR) is 78.8 cm³/mol. The van der Waals surface area contributed by atoms with E-state index in [1.165, 1.54) is 4.88 Å². The van der Waals surface area contributed by atoms with Gasteiger partial charge in [0.05, 0.1) is 0 Å². The number of nitrogens with one attached hydrogen (secondary N) is 1. The summed E-state index contributed by atoms with van der Waals surface area (Å²) in [4.78, 5) is 3.53. The summed E-state index contributed by atoms with van der Waals surface area (Å²) in [5.41, 5.74) is 7.41. The number of likely N-dealkylation sites (N-methyl/N-ethyl adjacent to an activating group) is 1. The van der Waals surface area contributed by atoms with Crippen molar-refractivity contribution in [1.82, 2.24) is 0 Å². The quantitative estimate of drug-likeness (QED) is 0.641. The largest absolute Gasteiger partial charge is 0.384 e. The summed E-state index contributed by atoms with van der Waals surface area (Å²) in [5.74, 6) is 0.119. The molecule has 0 fully saturated rings. The van der Waals surface area contributed by atoms with Gasteiger partial charge in [0, 0.05) is 29.7 Å². The molecule has 0 spiro atoms. The van der Waals surface area contributed by atoms with E-state index in [0.717, 1.165) is 24.2 Å². The van der Waals surface area contributed by atoms with Crippen LogP contribution in [0.5, 0.6) is 0 Å². The van der Waals surface area contributed by atoms with Crippen molar-refractivity contribution in [2.45, 2.75) is 6.42 Å². The molecule has 1 heterocycles. The van der Waals surface area contributed by atoms with Gasteiger partial charge in [-0.1, -0.05) is 18.2 Å². The van der Waals surface area contributed by atoms with Gasteiger partial charge >= 0.3 is 0 Å². The summed E-state index contributed by atoms with van der Waals surface area (Å²) in [6.07, 6.45) is 1.01. The molecule has 0 unspecified atom stereocenters. The Balaban J connectivity index is 2.09. The number of nitrogen functional groups attached to an aromatic ring is 1. The molecule has 0 saturated heterocycles. The molecule has 0 amide bonds. The highest BCUT2D eigenvalue weighted by atomic mass is 32.1. The smallest absolute Gasteiger partial charge is 0.124 e. The fourth-order valence-electron chi connectivity index (χ4n) is 1.89. The van der Waals surface area contributed by atoms with Gasteiger partial charge in [0.25, 0.3) is 0 Å². The maximum Gasteiger partial charge on any atom is 0.124 e. The number of hydrogen-bond acceptors (Lipinski definition) is 3. The third kappa shape index (κ3) is 2.90. The van der Waals surface area contributed by atoms with Crippen LogP contribution in [-0.4, -0.2) is 19.4 Å². The van der Waals surface area contributed by atoms with Crippen LogP contribution < -0.4 is 10.6 Å². The number of anilines is 1. The average Bonchev–Trinajstić information content (AvgIpc) is 2.89. The second-order valence-electron chi connectivity index (χ2n) is 4.18. The second-order valence-corrected chi connectivity index (χ2v) is 5.21. The number of nitrogens with zero attached hydrogens (tertiary/aromatic N) is 1. The predicted octanol–water partition coefficient (Wildman–Crippen LogP) is 2.71. The monoisotopic (exact) mass is 259 g/mol. The number of para-hydroxylation sites is 1.